The second kappa shape index (κ2) is 9.55. The van der Waals surface area contributed by atoms with E-state index in [9.17, 15) is 9.59 Å². The highest BCUT2D eigenvalue weighted by Gasteiger charge is 2.27. The Morgan fingerprint density at radius 1 is 1.20 bits per heavy atom. The van der Waals surface area contributed by atoms with E-state index in [1.54, 1.807) is 10.8 Å². The number of aromatic nitrogens is 3. The minimum Gasteiger partial charge on any atom is -0.356 e. The molecule has 0 saturated carbocycles. The van der Waals surface area contributed by atoms with E-state index in [4.69, 9.17) is 0 Å². The number of rotatable bonds is 7. The SMILES string of the molecule is CCn1c(=O)c(N2CCC(C(=O)NCCCN3CCCC3)CC2)nc2cccnc21. The van der Waals surface area contributed by atoms with E-state index in [1.807, 2.05) is 24.0 Å². The van der Waals surface area contributed by atoms with Gasteiger partial charge in [-0.2, -0.15) is 0 Å². The highest BCUT2D eigenvalue weighted by molar-refractivity contribution is 5.79. The second-order valence-corrected chi connectivity index (χ2v) is 8.29. The Morgan fingerprint density at radius 2 is 1.97 bits per heavy atom. The van der Waals surface area contributed by atoms with E-state index < -0.39 is 0 Å². The fraction of sp³-hybridized carbons (Fsp3) is 0.636. The van der Waals surface area contributed by atoms with Gasteiger partial charge in [0.15, 0.2) is 11.5 Å². The number of pyridine rings is 1. The summed E-state index contributed by atoms with van der Waals surface area (Å²) in [5, 5.41) is 3.11. The number of aryl methyl sites for hydroxylation is 1. The zero-order valence-corrected chi connectivity index (χ0v) is 17.8. The smallest absolute Gasteiger partial charge is 0.295 e. The van der Waals surface area contributed by atoms with Gasteiger partial charge in [0.05, 0.1) is 0 Å². The van der Waals surface area contributed by atoms with Crippen molar-refractivity contribution >= 4 is 22.9 Å². The van der Waals surface area contributed by atoms with Gasteiger partial charge in [0.2, 0.25) is 5.91 Å². The molecule has 162 valence electrons. The number of piperidine rings is 1. The maximum absolute atomic E-state index is 12.9. The summed E-state index contributed by atoms with van der Waals surface area (Å²) in [5.74, 6) is 0.642. The summed E-state index contributed by atoms with van der Waals surface area (Å²) in [5.41, 5.74) is 1.25. The number of carbonyl (C=O) groups is 1. The molecule has 2 saturated heterocycles. The lowest BCUT2D eigenvalue weighted by Crippen LogP contribution is -2.43. The number of amides is 1. The van der Waals surface area contributed by atoms with Gasteiger partial charge in [-0.1, -0.05) is 0 Å². The fourth-order valence-corrected chi connectivity index (χ4v) is 4.58. The molecule has 1 N–H and O–H groups in total. The highest BCUT2D eigenvalue weighted by Crippen LogP contribution is 2.21. The van der Waals surface area contributed by atoms with Gasteiger partial charge in [-0.05, 0) is 70.8 Å². The van der Waals surface area contributed by atoms with Crippen molar-refractivity contribution in [2.75, 3.05) is 44.2 Å². The van der Waals surface area contributed by atoms with Crippen LogP contribution >= 0.6 is 0 Å². The van der Waals surface area contributed by atoms with Crippen LogP contribution in [-0.4, -0.2) is 64.6 Å². The van der Waals surface area contributed by atoms with Crippen molar-refractivity contribution in [2.24, 2.45) is 5.92 Å². The van der Waals surface area contributed by atoms with Crippen LogP contribution in [0.2, 0.25) is 0 Å². The standard InChI is InChI=1S/C22H32N6O2/c1-2-28-19-18(7-5-10-23-19)25-20(22(28)30)27-15-8-17(9-16-27)21(29)24-11-6-14-26-12-3-4-13-26/h5,7,10,17H,2-4,6,8-9,11-16H2,1H3,(H,24,29). The third kappa shape index (κ3) is 4.48. The summed E-state index contributed by atoms with van der Waals surface area (Å²) >= 11 is 0. The number of fused-ring (bicyclic) bond motifs is 1. The number of nitrogens with one attached hydrogen (secondary N) is 1. The van der Waals surface area contributed by atoms with E-state index >= 15 is 0 Å². The van der Waals surface area contributed by atoms with Gasteiger partial charge in [0.1, 0.15) is 5.52 Å². The summed E-state index contributed by atoms with van der Waals surface area (Å²) in [6.45, 7) is 8.06. The van der Waals surface area contributed by atoms with Crippen molar-refractivity contribution < 1.29 is 4.79 Å². The van der Waals surface area contributed by atoms with E-state index in [2.05, 4.69) is 20.2 Å². The Morgan fingerprint density at radius 3 is 2.70 bits per heavy atom. The zero-order valence-electron chi connectivity index (χ0n) is 17.8. The average molecular weight is 413 g/mol. The number of likely N-dealkylation sites (tertiary alicyclic amines) is 1. The lowest BCUT2D eigenvalue weighted by atomic mass is 9.96. The molecular formula is C22H32N6O2. The predicted molar refractivity (Wildman–Crippen MR) is 118 cm³/mol. The first-order valence-electron chi connectivity index (χ1n) is 11.3. The molecule has 0 bridgehead atoms. The van der Waals surface area contributed by atoms with Crippen molar-refractivity contribution in [1.82, 2.24) is 24.8 Å². The predicted octanol–water partition coefficient (Wildman–Crippen LogP) is 1.63. The average Bonchev–Trinajstić information content (AvgIpc) is 3.30. The third-order valence-electron chi connectivity index (χ3n) is 6.32. The molecule has 0 atom stereocenters. The first kappa shape index (κ1) is 20.8. The fourth-order valence-electron chi connectivity index (χ4n) is 4.58. The number of anilines is 1. The lowest BCUT2D eigenvalue weighted by Gasteiger charge is -2.32. The molecule has 2 aliphatic heterocycles. The third-order valence-corrected chi connectivity index (χ3v) is 6.32. The van der Waals surface area contributed by atoms with E-state index in [1.165, 1.54) is 25.9 Å². The Bertz CT molecular complexity index is 929. The number of nitrogens with zero attached hydrogens (tertiary/aromatic N) is 5. The molecule has 0 spiro atoms. The Labute approximate surface area is 177 Å². The van der Waals surface area contributed by atoms with Crippen LogP contribution < -0.4 is 15.8 Å². The lowest BCUT2D eigenvalue weighted by molar-refractivity contribution is -0.125. The van der Waals surface area contributed by atoms with Gasteiger partial charge in [-0.3, -0.25) is 14.2 Å². The monoisotopic (exact) mass is 412 g/mol. The molecule has 4 heterocycles. The van der Waals surface area contributed by atoms with Crippen LogP contribution in [0.1, 0.15) is 39.0 Å². The summed E-state index contributed by atoms with van der Waals surface area (Å²) in [6.07, 6.45) is 6.79. The number of hydrogen-bond acceptors (Lipinski definition) is 6. The minimum atomic E-state index is -0.103. The maximum atomic E-state index is 12.9. The van der Waals surface area contributed by atoms with Crippen molar-refractivity contribution in [2.45, 2.75) is 45.6 Å². The molecule has 8 heteroatoms. The molecule has 2 fully saturated rings. The maximum Gasteiger partial charge on any atom is 0.295 e. The van der Waals surface area contributed by atoms with Gasteiger partial charge in [0.25, 0.3) is 5.56 Å². The van der Waals surface area contributed by atoms with Crippen LogP contribution in [0.15, 0.2) is 23.1 Å². The molecule has 2 aromatic heterocycles. The molecule has 30 heavy (non-hydrogen) atoms. The van der Waals surface area contributed by atoms with E-state index in [0.29, 0.717) is 31.1 Å². The number of carbonyl (C=O) groups excluding carboxylic acids is 1. The van der Waals surface area contributed by atoms with Crippen LogP contribution in [-0.2, 0) is 11.3 Å². The zero-order chi connectivity index (χ0) is 20.9. The minimum absolute atomic E-state index is 0.0172. The summed E-state index contributed by atoms with van der Waals surface area (Å²) in [7, 11) is 0. The Balaban J connectivity index is 1.32. The molecule has 2 aromatic rings. The van der Waals surface area contributed by atoms with Crippen molar-refractivity contribution in [3.8, 4) is 0 Å². The summed E-state index contributed by atoms with van der Waals surface area (Å²) in [6, 6.07) is 3.73. The molecule has 0 unspecified atom stereocenters. The topological polar surface area (TPSA) is 83.4 Å². The van der Waals surface area contributed by atoms with Crippen molar-refractivity contribution in [3.63, 3.8) is 0 Å². The first-order valence-corrected chi connectivity index (χ1v) is 11.3. The van der Waals surface area contributed by atoms with Crippen molar-refractivity contribution in [1.29, 1.82) is 0 Å². The van der Waals surface area contributed by atoms with Gasteiger partial charge in [0, 0.05) is 38.3 Å². The molecule has 2 aliphatic rings. The largest absolute Gasteiger partial charge is 0.356 e. The molecule has 0 aliphatic carbocycles. The summed E-state index contributed by atoms with van der Waals surface area (Å²) in [4.78, 5) is 38.9. The molecule has 1 amide bonds. The van der Waals surface area contributed by atoms with Crippen molar-refractivity contribution in [3.05, 3.63) is 28.7 Å². The van der Waals surface area contributed by atoms with Crippen LogP contribution in [0.4, 0.5) is 5.82 Å². The Kier molecular flexibility index (Phi) is 6.62. The van der Waals surface area contributed by atoms with Crippen LogP contribution in [0.5, 0.6) is 0 Å². The van der Waals surface area contributed by atoms with E-state index in [-0.39, 0.29) is 17.4 Å². The highest BCUT2D eigenvalue weighted by atomic mass is 16.2. The quantitative estimate of drug-likeness (QED) is 0.696. The van der Waals surface area contributed by atoms with Gasteiger partial charge in [-0.25, -0.2) is 9.97 Å². The van der Waals surface area contributed by atoms with Crippen LogP contribution in [0, 0.1) is 5.92 Å². The number of hydrogen-bond donors (Lipinski definition) is 1. The first-order chi connectivity index (χ1) is 14.7. The normalized spacial score (nSPS) is 18.2. The molecule has 8 nitrogen and oxygen atoms in total. The van der Waals surface area contributed by atoms with Gasteiger partial charge < -0.3 is 15.1 Å². The molecule has 0 radical (unpaired) electrons. The van der Waals surface area contributed by atoms with E-state index in [0.717, 1.165) is 37.9 Å². The van der Waals surface area contributed by atoms with Gasteiger partial charge in [-0.15, -0.1) is 0 Å². The Hall–Kier alpha value is -2.48. The van der Waals surface area contributed by atoms with Gasteiger partial charge >= 0.3 is 0 Å². The molecular weight excluding hydrogens is 380 g/mol. The van der Waals surface area contributed by atoms with Crippen LogP contribution in [0.25, 0.3) is 11.2 Å². The molecule has 0 aromatic carbocycles. The van der Waals surface area contributed by atoms with Crippen LogP contribution in [0.3, 0.4) is 0 Å². The second-order valence-electron chi connectivity index (χ2n) is 8.29. The summed E-state index contributed by atoms with van der Waals surface area (Å²) < 4.78 is 1.68. The molecule has 4 rings (SSSR count).